The van der Waals surface area contributed by atoms with E-state index in [1.54, 1.807) is 19.9 Å². The van der Waals surface area contributed by atoms with Crippen molar-refractivity contribution in [1.29, 1.82) is 0 Å². The zero-order valence-corrected chi connectivity index (χ0v) is 8.52. The van der Waals surface area contributed by atoms with Crippen molar-refractivity contribution in [3.8, 4) is 18.1 Å². The third-order valence-corrected chi connectivity index (χ3v) is 1.80. The van der Waals surface area contributed by atoms with E-state index in [1.165, 1.54) is 6.20 Å². The van der Waals surface area contributed by atoms with Gasteiger partial charge in [-0.2, -0.15) is 0 Å². The van der Waals surface area contributed by atoms with E-state index in [0.29, 0.717) is 11.3 Å². The second kappa shape index (κ2) is 4.47. The molecule has 4 heteroatoms. The molecule has 1 aromatic rings. The number of nitrogens with zero attached hydrogens (tertiary/aromatic N) is 1. The van der Waals surface area contributed by atoms with Crippen molar-refractivity contribution < 1.29 is 14.6 Å². The summed E-state index contributed by atoms with van der Waals surface area (Å²) in [4.78, 5) is 14.4. The summed E-state index contributed by atoms with van der Waals surface area (Å²) in [5.41, 5.74) is 0.569. The van der Waals surface area contributed by atoms with Crippen LogP contribution in [0.3, 0.4) is 0 Å². The Labute approximate surface area is 87.9 Å². The molecule has 0 bridgehead atoms. The lowest BCUT2D eigenvalue weighted by molar-refractivity contribution is 0.0689. The quantitative estimate of drug-likeness (QED) is 0.759. The van der Waals surface area contributed by atoms with Crippen molar-refractivity contribution in [3.05, 3.63) is 23.5 Å². The van der Waals surface area contributed by atoms with Crippen molar-refractivity contribution in [3.63, 3.8) is 0 Å². The van der Waals surface area contributed by atoms with E-state index in [-0.39, 0.29) is 11.8 Å². The van der Waals surface area contributed by atoms with Crippen LogP contribution in [0, 0.1) is 19.3 Å². The Morgan fingerprint density at radius 2 is 2.40 bits per heavy atom. The average molecular weight is 205 g/mol. The first-order valence-corrected chi connectivity index (χ1v) is 4.37. The van der Waals surface area contributed by atoms with Gasteiger partial charge in [0.2, 0.25) is 0 Å². The highest BCUT2D eigenvalue weighted by Gasteiger charge is 2.10. The Hall–Kier alpha value is -2.02. The maximum atomic E-state index is 10.7. The SMILES string of the molecule is C#C[C@H](C)Oc1cnc(C(=O)O)c(C)c1. The van der Waals surface area contributed by atoms with E-state index in [0.717, 1.165) is 0 Å². The van der Waals surface area contributed by atoms with Gasteiger partial charge in [0.15, 0.2) is 11.8 Å². The van der Waals surface area contributed by atoms with Gasteiger partial charge in [-0.05, 0) is 25.5 Å². The molecule has 0 unspecified atom stereocenters. The van der Waals surface area contributed by atoms with Crippen LogP contribution in [-0.4, -0.2) is 22.2 Å². The summed E-state index contributed by atoms with van der Waals surface area (Å²) in [6.45, 7) is 3.38. The number of carbonyl (C=O) groups is 1. The van der Waals surface area contributed by atoms with E-state index in [2.05, 4.69) is 10.9 Å². The second-order valence-corrected chi connectivity index (χ2v) is 3.07. The van der Waals surface area contributed by atoms with Crippen molar-refractivity contribution in [1.82, 2.24) is 4.98 Å². The van der Waals surface area contributed by atoms with Gasteiger partial charge in [-0.1, -0.05) is 5.92 Å². The van der Waals surface area contributed by atoms with E-state index in [9.17, 15) is 4.79 Å². The van der Waals surface area contributed by atoms with Crippen LogP contribution < -0.4 is 4.74 Å². The summed E-state index contributed by atoms with van der Waals surface area (Å²) in [7, 11) is 0. The third-order valence-electron chi connectivity index (χ3n) is 1.80. The standard InChI is InChI=1S/C11H11NO3/c1-4-8(3)15-9-5-7(2)10(11(13)14)12-6-9/h1,5-6,8H,2-3H3,(H,13,14)/t8-/m0/s1. The molecule has 0 aliphatic heterocycles. The normalized spacial score (nSPS) is 11.5. The van der Waals surface area contributed by atoms with Gasteiger partial charge in [0.1, 0.15) is 5.75 Å². The number of carboxylic acids is 1. The smallest absolute Gasteiger partial charge is 0.354 e. The van der Waals surface area contributed by atoms with Crippen molar-refractivity contribution in [2.24, 2.45) is 0 Å². The predicted molar refractivity (Wildman–Crippen MR) is 54.9 cm³/mol. The Balaban J connectivity index is 2.93. The van der Waals surface area contributed by atoms with Crippen molar-refractivity contribution in [2.75, 3.05) is 0 Å². The fourth-order valence-electron chi connectivity index (χ4n) is 1.08. The molecule has 0 radical (unpaired) electrons. The molecule has 0 amide bonds. The summed E-state index contributed by atoms with van der Waals surface area (Å²) in [5.74, 6) is 1.83. The van der Waals surface area contributed by atoms with Crippen molar-refractivity contribution in [2.45, 2.75) is 20.0 Å². The number of rotatable bonds is 3. The zero-order valence-electron chi connectivity index (χ0n) is 8.52. The summed E-state index contributed by atoms with van der Waals surface area (Å²) < 4.78 is 5.29. The lowest BCUT2D eigenvalue weighted by Crippen LogP contribution is -2.10. The third kappa shape index (κ3) is 2.71. The van der Waals surface area contributed by atoms with E-state index in [1.807, 2.05) is 0 Å². The number of hydrogen-bond acceptors (Lipinski definition) is 3. The van der Waals surface area contributed by atoms with E-state index in [4.69, 9.17) is 16.3 Å². The molecule has 0 saturated carbocycles. The molecule has 4 nitrogen and oxygen atoms in total. The van der Waals surface area contributed by atoms with Crippen LogP contribution in [0.1, 0.15) is 23.0 Å². The first kappa shape index (κ1) is 11.1. The van der Waals surface area contributed by atoms with Gasteiger partial charge < -0.3 is 9.84 Å². The van der Waals surface area contributed by atoms with Gasteiger partial charge in [-0.3, -0.25) is 0 Å². The molecular weight excluding hydrogens is 194 g/mol. The predicted octanol–water partition coefficient (Wildman–Crippen LogP) is 1.49. The summed E-state index contributed by atoms with van der Waals surface area (Å²) >= 11 is 0. The second-order valence-electron chi connectivity index (χ2n) is 3.07. The summed E-state index contributed by atoms with van der Waals surface area (Å²) in [6, 6.07) is 1.60. The molecule has 0 aliphatic rings. The number of aromatic nitrogens is 1. The largest absolute Gasteiger partial charge is 0.477 e. The minimum atomic E-state index is -1.05. The molecule has 0 spiro atoms. The molecule has 1 heterocycles. The molecule has 78 valence electrons. The van der Waals surface area contributed by atoms with Crippen LogP contribution in [0.4, 0.5) is 0 Å². The lowest BCUT2D eigenvalue weighted by atomic mass is 10.2. The highest BCUT2D eigenvalue weighted by Crippen LogP contribution is 2.15. The molecule has 0 fully saturated rings. The molecule has 15 heavy (non-hydrogen) atoms. The minimum Gasteiger partial charge on any atom is -0.477 e. The Morgan fingerprint density at radius 3 is 2.87 bits per heavy atom. The van der Waals surface area contributed by atoms with E-state index < -0.39 is 5.97 Å². The number of carboxylic acid groups (broad SMARTS) is 1. The van der Waals surface area contributed by atoms with Crippen molar-refractivity contribution >= 4 is 5.97 Å². The Morgan fingerprint density at radius 1 is 1.73 bits per heavy atom. The lowest BCUT2D eigenvalue weighted by Gasteiger charge is -2.09. The maximum absolute atomic E-state index is 10.7. The van der Waals surface area contributed by atoms with E-state index >= 15 is 0 Å². The summed E-state index contributed by atoms with van der Waals surface area (Å²) in [6.07, 6.45) is 6.14. The average Bonchev–Trinajstić information content (AvgIpc) is 2.17. The highest BCUT2D eigenvalue weighted by atomic mass is 16.5. The molecule has 1 rings (SSSR count). The number of aromatic carboxylic acids is 1. The molecule has 0 aromatic carbocycles. The van der Waals surface area contributed by atoms with Crippen LogP contribution in [0.5, 0.6) is 5.75 Å². The first-order chi connectivity index (χ1) is 7.04. The van der Waals surface area contributed by atoms with Gasteiger partial charge in [0, 0.05) is 0 Å². The highest BCUT2D eigenvalue weighted by molar-refractivity contribution is 5.87. The number of terminal acetylenes is 1. The maximum Gasteiger partial charge on any atom is 0.354 e. The van der Waals surface area contributed by atoms with Gasteiger partial charge in [0.25, 0.3) is 0 Å². The number of pyridine rings is 1. The van der Waals surface area contributed by atoms with Gasteiger partial charge in [-0.25, -0.2) is 9.78 Å². The number of ether oxygens (including phenoxy) is 1. The topological polar surface area (TPSA) is 59.4 Å². The van der Waals surface area contributed by atoms with Crippen LogP contribution in [0.25, 0.3) is 0 Å². The summed E-state index contributed by atoms with van der Waals surface area (Å²) in [5, 5.41) is 8.75. The molecule has 1 atom stereocenters. The van der Waals surface area contributed by atoms with Crippen LogP contribution in [0.2, 0.25) is 0 Å². The Bertz CT molecular complexity index is 420. The number of aryl methyl sites for hydroxylation is 1. The minimum absolute atomic E-state index is 0.0238. The van der Waals surface area contributed by atoms with Gasteiger partial charge in [0.05, 0.1) is 6.20 Å². The van der Waals surface area contributed by atoms with Gasteiger partial charge >= 0.3 is 5.97 Å². The van der Waals surface area contributed by atoms with Crippen LogP contribution >= 0.6 is 0 Å². The van der Waals surface area contributed by atoms with Gasteiger partial charge in [-0.15, -0.1) is 6.42 Å². The van der Waals surface area contributed by atoms with Crippen LogP contribution in [-0.2, 0) is 0 Å². The van der Waals surface area contributed by atoms with Crippen LogP contribution in [0.15, 0.2) is 12.3 Å². The fraction of sp³-hybridized carbons (Fsp3) is 0.273. The monoisotopic (exact) mass is 205 g/mol. The Kier molecular flexibility index (Phi) is 3.29. The first-order valence-electron chi connectivity index (χ1n) is 4.37. The molecule has 1 aromatic heterocycles. The molecule has 0 aliphatic carbocycles. The molecule has 0 saturated heterocycles. The molecule has 1 N–H and O–H groups in total. The number of hydrogen-bond donors (Lipinski definition) is 1. The fourth-order valence-corrected chi connectivity index (χ4v) is 1.08. The zero-order chi connectivity index (χ0) is 11.4. The molecular formula is C11H11NO3.